The molecule has 18 heavy (non-hydrogen) atoms. The van der Waals surface area contributed by atoms with Crippen LogP contribution < -0.4 is 4.90 Å². The lowest BCUT2D eigenvalue weighted by atomic mass is 10.1. The zero-order chi connectivity index (χ0) is 13.1. The molecule has 0 spiro atoms. The number of nitrogens with zero attached hydrogens (tertiary/aromatic N) is 5. The summed E-state index contributed by atoms with van der Waals surface area (Å²) in [6.07, 6.45) is 0.345. The molecule has 0 aromatic carbocycles. The number of halogens is 2. The zero-order valence-corrected chi connectivity index (χ0v) is 10.8. The molecule has 1 atom stereocenters. The Morgan fingerprint density at radius 2 is 2.33 bits per heavy atom. The van der Waals surface area contributed by atoms with Crippen molar-refractivity contribution in [3.05, 3.63) is 32.9 Å². The van der Waals surface area contributed by atoms with Gasteiger partial charge in [0.2, 0.25) is 5.91 Å². The van der Waals surface area contributed by atoms with Crippen LogP contribution in [0, 0.1) is 5.92 Å². The van der Waals surface area contributed by atoms with Gasteiger partial charge < -0.3 is 4.90 Å². The van der Waals surface area contributed by atoms with E-state index < -0.39 is 0 Å². The molecule has 1 unspecified atom stereocenters. The molecule has 0 radical (unpaired) electrons. The van der Waals surface area contributed by atoms with Crippen LogP contribution in [-0.2, 0) is 4.79 Å². The molecule has 6 nitrogen and oxygen atoms in total. The van der Waals surface area contributed by atoms with Crippen molar-refractivity contribution in [1.82, 2.24) is 4.98 Å². The van der Waals surface area contributed by atoms with Crippen molar-refractivity contribution in [1.29, 1.82) is 0 Å². The third kappa shape index (κ3) is 2.67. The fraction of sp³-hybridized carbons (Fsp3) is 0.400. The van der Waals surface area contributed by atoms with Crippen LogP contribution in [0.5, 0.6) is 0 Å². The Bertz CT molecular complexity index is 529. The largest absolute Gasteiger partial charge is 0.309 e. The molecule has 8 heteroatoms. The van der Waals surface area contributed by atoms with Crippen LogP contribution in [0.1, 0.15) is 6.42 Å². The minimum Gasteiger partial charge on any atom is -0.309 e. The van der Waals surface area contributed by atoms with Gasteiger partial charge in [0.05, 0.1) is 5.69 Å². The predicted molar refractivity (Wildman–Crippen MR) is 68.7 cm³/mol. The summed E-state index contributed by atoms with van der Waals surface area (Å²) in [5.41, 5.74) is 8.80. The van der Waals surface area contributed by atoms with E-state index in [1.807, 2.05) is 0 Å². The van der Waals surface area contributed by atoms with Crippen LogP contribution in [0.2, 0.25) is 10.3 Å². The molecule has 1 amide bonds. The number of anilines is 1. The summed E-state index contributed by atoms with van der Waals surface area (Å²) in [7, 11) is 0. The fourth-order valence-corrected chi connectivity index (χ4v) is 2.34. The van der Waals surface area contributed by atoms with Crippen molar-refractivity contribution < 1.29 is 4.79 Å². The highest BCUT2D eigenvalue weighted by molar-refractivity contribution is 6.34. The van der Waals surface area contributed by atoms with E-state index in [-0.39, 0.29) is 22.1 Å². The van der Waals surface area contributed by atoms with Gasteiger partial charge in [0, 0.05) is 24.4 Å². The van der Waals surface area contributed by atoms with Crippen molar-refractivity contribution in [2.24, 2.45) is 11.0 Å². The Morgan fingerprint density at radius 1 is 1.56 bits per heavy atom. The van der Waals surface area contributed by atoms with E-state index in [4.69, 9.17) is 28.7 Å². The van der Waals surface area contributed by atoms with E-state index in [0.29, 0.717) is 25.2 Å². The SMILES string of the molecule is [N-]=[N+]=NCC1CC(=O)N(c2ccc(Cl)nc2Cl)C1. The summed E-state index contributed by atoms with van der Waals surface area (Å²) in [6.45, 7) is 0.776. The van der Waals surface area contributed by atoms with E-state index in [9.17, 15) is 4.79 Å². The second-order valence-electron chi connectivity index (χ2n) is 3.93. The first-order chi connectivity index (χ1) is 8.61. The molecule has 0 aliphatic carbocycles. The number of azide groups is 1. The van der Waals surface area contributed by atoms with Crippen molar-refractivity contribution >= 4 is 34.8 Å². The summed E-state index contributed by atoms with van der Waals surface area (Å²) in [5.74, 6) is -0.0423. The highest BCUT2D eigenvalue weighted by atomic mass is 35.5. The maximum absolute atomic E-state index is 11.9. The van der Waals surface area contributed by atoms with Gasteiger partial charge in [-0.05, 0) is 23.6 Å². The Labute approximate surface area is 113 Å². The minimum absolute atomic E-state index is 0.0140. The highest BCUT2D eigenvalue weighted by Crippen LogP contribution is 2.31. The average Bonchev–Trinajstić information content (AvgIpc) is 2.68. The second kappa shape index (κ2) is 5.44. The number of rotatable bonds is 3. The molecular weight excluding hydrogens is 277 g/mol. The van der Waals surface area contributed by atoms with E-state index in [0.717, 1.165) is 0 Å². The molecule has 0 N–H and O–H groups in total. The van der Waals surface area contributed by atoms with Gasteiger partial charge in [0.1, 0.15) is 5.15 Å². The normalized spacial score (nSPS) is 18.9. The Morgan fingerprint density at radius 3 is 3.00 bits per heavy atom. The van der Waals surface area contributed by atoms with E-state index >= 15 is 0 Å². The Hall–Kier alpha value is -1.49. The first-order valence-corrected chi connectivity index (χ1v) is 6.00. The van der Waals surface area contributed by atoms with E-state index in [1.165, 1.54) is 0 Å². The first kappa shape index (κ1) is 13.0. The zero-order valence-electron chi connectivity index (χ0n) is 9.25. The molecule has 94 valence electrons. The minimum atomic E-state index is -0.0563. The van der Waals surface area contributed by atoms with Gasteiger partial charge >= 0.3 is 0 Å². The fourth-order valence-electron chi connectivity index (χ4n) is 1.89. The van der Waals surface area contributed by atoms with Gasteiger partial charge in [-0.3, -0.25) is 4.79 Å². The van der Waals surface area contributed by atoms with Crippen LogP contribution in [0.4, 0.5) is 5.69 Å². The molecular formula is C10H9Cl2N5O. The maximum atomic E-state index is 11.9. The topological polar surface area (TPSA) is 82.0 Å². The summed E-state index contributed by atoms with van der Waals surface area (Å²) in [5, 5.41) is 3.96. The molecule has 2 rings (SSSR count). The standard InChI is InChI=1S/C10H9Cl2N5O/c11-8-2-1-7(10(12)15-8)17-5-6(3-9(17)18)4-14-16-13/h1-2,6H,3-5H2. The number of pyridine rings is 1. The van der Waals surface area contributed by atoms with Gasteiger partial charge in [-0.25, -0.2) is 4.98 Å². The van der Waals surface area contributed by atoms with Gasteiger partial charge in [-0.1, -0.05) is 28.3 Å². The number of amides is 1. The van der Waals surface area contributed by atoms with Crippen LogP contribution >= 0.6 is 23.2 Å². The maximum Gasteiger partial charge on any atom is 0.227 e. The van der Waals surface area contributed by atoms with Crippen LogP contribution in [0.15, 0.2) is 17.2 Å². The molecule has 1 aliphatic heterocycles. The number of aromatic nitrogens is 1. The number of hydrogen-bond donors (Lipinski definition) is 0. The number of carbonyl (C=O) groups is 1. The van der Waals surface area contributed by atoms with E-state index in [2.05, 4.69) is 15.0 Å². The van der Waals surface area contributed by atoms with Gasteiger partial charge in [-0.15, -0.1) is 0 Å². The van der Waals surface area contributed by atoms with Crippen LogP contribution in [0.3, 0.4) is 0 Å². The first-order valence-electron chi connectivity index (χ1n) is 5.25. The smallest absolute Gasteiger partial charge is 0.227 e. The lowest BCUT2D eigenvalue weighted by molar-refractivity contribution is -0.117. The van der Waals surface area contributed by atoms with Crippen LogP contribution in [0.25, 0.3) is 10.4 Å². The molecule has 1 aromatic rings. The quantitative estimate of drug-likeness (QED) is 0.370. The van der Waals surface area contributed by atoms with Crippen molar-refractivity contribution in [3.8, 4) is 0 Å². The lowest BCUT2D eigenvalue weighted by Crippen LogP contribution is -2.25. The molecule has 1 fully saturated rings. The molecule has 2 heterocycles. The molecule has 1 aliphatic rings. The number of hydrogen-bond acceptors (Lipinski definition) is 3. The lowest BCUT2D eigenvalue weighted by Gasteiger charge is -2.17. The molecule has 1 saturated heterocycles. The number of carbonyl (C=O) groups excluding carboxylic acids is 1. The van der Waals surface area contributed by atoms with Gasteiger partial charge in [0.15, 0.2) is 5.15 Å². The molecule has 1 aromatic heterocycles. The Balaban J connectivity index is 2.18. The third-order valence-corrected chi connectivity index (χ3v) is 3.18. The monoisotopic (exact) mass is 285 g/mol. The van der Waals surface area contributed by atoms with Crippen molar-refractivity contribution in [2.75, 3.05) is 18.0 Å². The summed E-state index contributed by atoms with van der Waals surface area (Å²) in [6, 6.07) is 3.24. The summed E-state index contributed by atoms with van der Waals surface area (Å²) >= 11 is 11.7. The highest BCUT2D eigenvalue weighted by Gasteiger charge is 2.31. The Kier molecular flexibility index (Phi) is 3.91. The van der Waals surface area contributed by atoms with Crippen molar-refractivity contribution in [3.63, 3.8) is 0 Å². The third-order valence-electron chi connectivity index (χ3n) is 2.69. The second-order valence-corrected chi connectivity index (χ2v) is 4.68. The molecule has 0 bridgehead atoms. The predicted octanol–water partition coefficient (Wildman–Crippen LogP) is 3.05. The van der Waals surface area contributed by atoms with E-state index in [1.54, 1.807) is 17.0 Å². The molecule has 0 saturated carbocycles. The van der Waals surface area contributed by atoms with Gasteiger partial charge in [-0.2, -0.15) is 0 Å². The van der Waals surface area contributed by atoms with Gasteiger partial charge in [0.25, 0.3) is 0 Å². The summed E-state index contributed by atoms with van der Waals surface area (Å²) in [4.78, 5) is 20.0. The van der Waals surface area contributed by atoms with Crippen LogP contribution in [-0.4, -0.2) is 24.0 Å². The average molecular weight is 286 g/mol. The summed E-state index contributed by atoms with van der Waals surface area (Å²) < 4.78 is 0. The van der Waals surface area contributed by atoms with Crippen molar-refractivity contribution in [2.45, 2.75) is 6.42 Å².